The summed E-state index contributed by atoms with van der Waals surface area (Å²) in [7, 11) is 1.64. The van der Waals surface area contributed by atoms with Gasteiger partial charge in [0.05, 0.1) is 24.3 Å². The Hall–Kier alpha value is -1.95. The molecule has 2 saturated heterocycles. The monoisotopic (exact) mass is 303 g/mol. The lowest BCUT2D eigenvalue weighted by Gasteiger charge is -2.39. The van der Waals surface area contributed by atoms with Crippen molar-refractivity contribution >= 4 is 11.8 Å². The second-order valence-electron chi connectivity index (χ2n) is 5.78. The van der Waals surface area contributed by atoms with E-state index in [1.807, 2.05) is 9.80 Å². The second kappa shape index (κ2) is 6.44. The summed E-state index contributed by atoms with van der Waals surface area (Å²) in [6.07, 6.45) is 5.36. The highest BCUT2D eigenvalue weighted by atomic mass is 16.5. The zero-order valence-electron chi connectivity index (χ0n) is 12.8. The number of methoxy groups -OCH3 is 1. The normalized spacial score (nSPS) is 24.5. The van der Waals surface area contributed by atoms with E-state index < -0.39 is 0 Å². The van der Waals surface area contributed by atoms with Crippen LogP contribution in [0.5, 0.6) is 0 Å². The number of aromatic nitrogens is 1. The summed E-state index contributed by atoms with van der Waals surface area (Å²) >= 11 is 0. The fourth-order valence-corrected chi connectivity index (χ4v) is 3.54. The van der Waals surface area contributed by atoms with Gasteiger partial charge in [0.1, 0.15) is 0 Å². The Labute approximate surface area is 130 Å². The molecule has 0 saturated carbocycles. The zero-order valence-corrected chi connectivity index (χ0v) is 12.8. The molecule has 3 rings (SSSR count). The molecule has 0 unspecified atom stereocenters. The summed E-state index contributed by atoms with van der Waals surface area (Å²) in [5, 5.41) is 0. The van der Waals surface area contributed by atoms with Gasteiger partial charge in [-0.1, -0.05) is 0 Å². The molecule has 3 heterocycles. The fraction of sp³-hybridized carbons (Fsp3) is 0.562. The first-order valence-electron chi connectivity index (χ1n) is 7.72. The molecular weight excluding hydrogens is 282 g/mol. The van der Waals surface area contributed by atoms with Crippen LogP contribution in [-0.4, -0.2) is 65.5 Å². The SMILES string of the molecule is COCCN1C(=O)CC[C@@H]2[C@H]1CCN2C(=O)c1cccnc1. The Kier molecular flexibility index (Phi) is 4.38. The fourth-order valence-electron chi connectivity index (χ4n) is 3.54. The van der Waals surface area contributed by atoms with E-state index in [0.29, 0.717) is 31.7 Å². The van der Waals surface area contributed by atoms with Crippen molar-refractivity contribution in [2.24, 2.45) is 0 Å². The number of piperidine rings is 1. The van der Waals surface area contributed by atoms with E-state index in [0.717, 1.165) is 12.8 Å². The lowest BCUT2D eigenvalue weighted by molar-refractivity contribution is -0.138. The average molecular weight is 303 g/mol. The predicted octanol–water partition coefficient (Wildman–Crippen LogP) is 0.933. The van der Waals surface area contributed by atoms with Crippen LogP contribution in [0.25, 0.3) is 0 Å². The largest absolute Gasteiger partial charge is 0.383 e. The number of hydrogen-bond acceptors (Lipinski definition) is 4. The Morgan fingerprint density at radius 3 is 3.00 bits per heavy atom. The molecule has 0 spiro atoms. The van der Waals surface area contributed by atoms with Crippen LogP contribution >= 0.6 is 0 Å². The Balaban J connectivity index is 1.75. The first-order chi connectivity index (χ1) is 10.7. The van der Waals surface area contributed by atoms with Crippen LogP contribution in [-0.2, 0) is 9.53 Å². The van der Waals surface area contributed by atoms with Gasteiger partial charge in [0, 0.05) is 39.0 Å². The molecule has 1 aromatic rings. The van der Waals surface area contributed by atoms with Crippen LogP contribution in [0.1, 0.15) is 29.6 Å². The quantitative estimate of drug-likeness (QED) is 0.830. The smallest absolute Gasteiger partial charge is 0.255 e. The van der Waals surface area contributed by atoms with E-state index in [2.05, 4.69) is 4.98 Å². The van der Waals surface area contributed by atoms with Gasteiger partial charge in [0.15, 0.2) is 0 Å². The number of carbonyl (C=O) groups is 2. The highest BCUT2D eigenvalue weighted by molar-refractivity contribution is 5.94. The van der Waals surface area contributed by atoms with E-state index in [4.69, 9.17) is 4.74 Å². The molecule has 0 aliphatic carbocycles. The van der Waals surface area contributed by atoms with E-state index in [1.165, 1.54) is 0 Å². The van der Waals surface area contributed by atoms with E-state index in [9.17, 15) is 9.59 Å². The lowest BCUT2D eigenvalue weighted by Crippen LogP contribution is -2.54. The van der Waals surface area contributed by atoms with Crippen molar-refractivity contribution in [1.29, 1.82) is 0 Å². The number of hydrogen-bond donors (Lipinski definition) is 0. The van der Waals surface area contributed by atoms with Gasteiger partial charge in [-0.2, -0.15) is 0 Å². The molecule has 6 nitrogen and oxygen atoms in total. The van der Waals surface area contributed by atoms with Crippen molar-refractivity contribution < 1.29 is 14.3 Å². The molecule has 2 amide bonds. The van der Waals surface area contributed by atoms with E-state index >= 15 is 0 Å². The lowest BCUT2D eigenvalue weighted by atomic mass is 9.96. The van der Waals surface area contributed by atoms with Crippen molar-refractivity contribution in [2.75, 3.05) is 26.8 Å². The van der Waals surface area contributed by atoms with Crippen LogP contribution in [0.15, 0.2) is 24.5 Å². The number of carbonyl (C=O) groups excluding carboxylic acids is 2. The zero-order chi connectivity index (χ0) is 15.5. The molecule has 0 bridgehead atoms. The van der Waals surface area contributed by atoms with Gasteiger partial charge in [0.25, 0.3) is 5.91 Å². The summed E-state index contributed by atoms with van der Waals surface area (Å²) in [4.78, 5) is 32.6. The first-order valence-corrected chi connectivity index (χ1v) is 7.72. The van der Waals surface area contributed by atoms with Crippen molar-refractivity contribution in [3.05, 3.63) is 30.1 Å². The number of pyridine rings is 1. The number of amides is 2. The first kappa shape index (κ1) is 15.0. The summed E-state index contributed by atoms with van der Waals surface area (Å²) in [5.74, 6) is 0.190. The third kappa shape index (κ3) is 2.70. The molecule has 22 heavy (non-hydrogen) atoms. The molecule has 0 N–H and O–H groups in total. The maximum absolute atomic E-state index is 12.7. The number of fused-ring (bicyclic) bond motifs is 1. The number of ether oxygens (including phenoxy) is 1. The maximum Gasteiger partial charge on any atom is 0.255 e. The van der Waals surface area contributed by atoms with Crippen LogP contribution in [0.3, 0.4) is 0 Å². The van der Waals surface area contributed by atoms with Crippen molar-refractivity contribution in [1.82, 2.24) is 14.8 Å². The van der Waals surface area contributed by atoms with Gasteiger partial charge in [-0.3, -0.25) is 14.6 Å². The van der Waals surface area contributed by atoms with Crippen LogP contribution in [0, 0.1) is 0 Å². The molecule has 0 radical (unpaired) electrons. The second-order valence-corrected chi connectivity index (χ2v) is 5.78. The summed E-state index contributed by atoms with van der Waals surface area (Å²) in [6, 6.07) is 3.80. The van der Waals surface area contributed by atoms with Crippen molar-refractivity contribution in [2.45, 2.75) is 31.3 Å². The number of rotatable bonds is 4. The summed E-state index contributed by atoms with van der Waals surface area (Å²) in [5.41, 5.74) is 0.614. The maximum atomic E-state index is 12.7. The highest BCUT2D eigenvalue weighted by Crippen LogP contribution is 2.32. The van der Waals surface area contributed by atoms with Gasteiger partial charge in [-0.05, 0) is 25.0 Å². The van der Waals surface area contributed by atoms with E-state index in [1.54, 1.807) is 31.6 Å². The number of nitrogens with zero attached hydrogens (tertiary/aromatic N) is 3. The van der Waals surface area contributed by atoms with Gasteiger partial charge in [-0.25, -0.2) is 0 Å². The molecule has 6 heteroatoms. The van der Waals surface area contributed by atoms with Crippen molar-refractivity contribution in [3.8, 4) is 0 Å². The Bertz CT molecular complexity index is 549. The standard InChI is InChI=1S/C16H21N3O3/c1-22-10-9-18-14-6-8-19(13(14)4-5-15(18)20)16(21)12-3-2-7-17-11-12/h2-3,7,11,13-14H,4-6,8-10H2,1H3/t13-,14-/m1/s1. The Morgan fingerprint density at radius 1 is 1.41 bits per heavy atom. The van der Waals surface area contributed by atoms with Gasteiger partial charge < -0.3 is 14.5 Å². The molecule has 1 aromatic heterocycles. The van der Waals surface area contributed by atoms with Crippen LogP contribution < -0.4 is 0 Å². The minimum Gasteiger partial charge on any atom is -0.383 e. The third-order valence-electron chi connectivity index (χ3n) is 4.59. The minimum atomic E-state index is 0.0154. The molecule has 2 aliphatic heterocycles. The summed E-state index contributed by atoms with van der Waals surface area (Å²) in [6.45, 7) is 1.83. The Morgan fingerprint density at radius 2 is 2.27 bits per heavy atom. The molecule has 2 aliphatic rings. The predicted molar refractivity (Wildman–Crippen MR) is 80.3 cm³/mol. The van der Waals surface area contributed by atoms with Gasteiger partial charge in [-0.15, -0.1) is 0 Å². The van der Waals surface area contributed by atoms with Crippen molar-refractivity contribution in [3.63, 3.8) is 0 Å². The average Bonchev–Trinajstić information content (AvgIpc) is 2.98. The summed E-state index contributed by atoms with van der Waals surface area (Å²) < 4.78 is 5.10. The third-order valence-corrected chi connectivity index (χ3v) is 4.59. The van der Waals surface area contributed by atoms with Crippen LogP contribution in [0.4, 0.5) is 0 Å². The molecule has 2 atom stereocenters. The topological polar surface area (TPSA) is 62.7 Å². The molecule has 118 valence electrons. The number of likely N-dealkylation sites (tertiary alicyclic amines) is 2. The molecule has 2 fully saturated rings. The minimum absolute atomic E-state index is 0.0154. The molecular formula is C16H21N3O3. The van der Waals surface area contributed by atoms with Gasteiger partial charge >= 0.3 is 0 Å². The highest BCUT2D eigenvalue weighted by Gasteiger charge is 2.44. The molecule has 0 aromatic carbocycles. The van der Waals surface area contributed by atoms with Gasteiger partial charge in [0.2, 0.25) is 5.91 Å². The van der Waals surface area contributed by atoms with Crippen LogP contribution in [0.2, 0.25) is 0 Å². The van der Waals surface area contributed by atoms with E-state index in [-0.39, 0.29) is 23.9 Å².